The van der Waals surface area contributed by atoms with Crippen LogP contribution in [0.1, 0.15) is 55.2 Å². The molecule has 0 aromatic heterocycles. The third kappa shape index (κ3) is 3.97. The van der Waals surface area contributed by atoms with Gasteiger partial charge in [0.1, 0.15) is 11.6 Å². The Morgan fingerprint density at radius 3 is 2.39 bits per heavy atom. The molecular weight excluding hydrogens is 422 g/mol. The molecule has 2 unspecified atom stereocenters. The van der Waals surface area contributed by atoms with E-state index >= 15 is 0 Å². The quantitative estimate of drug-likeness (QED) is 0.691. The number of carbonyl (C=O) groups is 1. The summed E-state index contributed by atoms with van der Waals surface area (Å²) in [5, 5.41) is 3.68. The first-order valence-electron chi connectivity index (χ1n) is 12.1. The van der Waals surface area contributed by atoms with E-state index in [0.717, 1.165) is 38.2 Å². The molecule has 0 saturated heterocycles. The van der Waals surface area contributed by atoms with Gasteiger partial charge in [-0.3, -0.25) is 4.79 Å². The summed E-state index contributed by atoms with van der Waals surface area (Å²) in [5.41, 5.74) is 2.50. The van der Waals surface area contributed by atoms with Crippen LogP contribution < -0.4 is 5.32 Å². The zero-order chi connectivity index (χ0) is 22.6. The smallest absolute Gasteiger partial charge is 0.237 e. The Morgan fingerprint density at radius 1 is 1.03 bits per heavy atom. The van der Waals surface area contributed by atoms with Crippen molar-refractivity contribution >= 4 is 5.91 Å². The van der Waals surface area contributed by atoms with Gasteiger partial charge in [-0.2, -0.15) is 0 Å². The van der Waals surface area contributed by atoms with Gasteiger partial charge in [0.2, 0.25) is 5.91 Å². The molecule has 4 fully saturated rings. The summed E-state index contributed by atoms with van der Waals surface area (Å²) < 4.78 is 33.9. The number of ether oxygens (including phenoxy) is 1. The van der Waals surface area contributed by atoms with Crippen molar-refractivity contribution in [3.05, 3.63) is 70.8 Å². The molecule has 0 spiro atoms. The fourth-order valence-electron chi connectivity index (χ4n) is 7.31. The number of carbonyl (C=O) groups excluding carboxylic acids is 1. The van der Waals surface area contributed by atoms with Gasteiger partial charge in [-0.25, -0.2) is 8.78 Å². The lowest BCUT2D eigenvalue weighted by Crippen LogP contribution is -2.66. The number of halogens is 2. The SMILES string of the molecule is O=C(CNC12CC3CC(C1)CC(OCc1ccc(F)cc1F)(C3)C2)N1Cc2ccccc2C1. The highest BCUT2D eigenvalue weighted by Crippen LogP contribution is 2.59. The second-order valence-electron chi connectivity index (χ2n) is 10.8. The fraction of sp³-hybridized carbons (Fsp3) is 0.519. The summed E-state index contributed by atoms with van der Waals surface area (Å²) in [4.78, 5) is 15.0. The maximum Gasteiger partial charge on any atom is 0.237 e. The lowest BCUT2D eigenvalue weighted by Gasteiger charge is -2.62. The predicted molar refractivity (Wildman–Crippen MR) is 120 cm³/mol. The van der Waals surface area contributed by atoms with E-state index in [-0.39, 0.29) is 23.7 Å². The van der Waals surface area contributed by atoms with Gasteiger partial charge in [0.15, 0.2) is 0 Å². The van der Waals surface area contributed by atoms with E-state index in [2.05, 4.69) is 17.4 Å². The van der Waals surface area contributed by atoms with Gasteiger partial charge in [-0.15, -0.1) is 0 Å². The van der Waals surface area contributed by atoms with Crippen molar-refractivity contribution in [2.75, 3.05) is 6.54 Å². The van der Waals surface area contributed by atoms with Crippen LogP contribution in [0.25, 0.3) is 0 Å². The molecule has 174 valence electrons. The molecule has 2 aromatic rings. The minimum Gasteiger partial charge on any atom is -0.370 e. The van der Waals surface area contributed by atoms with Crippen molar-refractivity contribution in [2.24, 2.45) is 11.8 Å². The second kappa shape index (κ2) is 7.88. The highest BCUT2D eigenvalue weighted by atomic mass is 19.1. The molecular formula is C27H30F2N2O2. The topological polar surface area (TPSA) is 41.6 Å². The van der Waals surface area contributed by atoms with Crippen molar-refractivity contribution in [3.63, 3.8) is 0 Å². The average Bonchev–Trinajstić information content (AvgIpc) is 3.20. The van der Waals surface area contributed by atoms with Crippen molar-refractivity contribution < 1.29 is 18.3 Å². The van der Waals surface area contributed by atoms with Crippen LogP contribution in [0.3, 0.4) is 0 Å². The highest BCUT2D eigenvalue weighted by Gasteiger charge is 2.58. The molecule has 1 amide bonds. The van der Waals surface area contributed by atoms with Crippen molar-refractivity contribution in [3.8, 4) is 0 Å². The number of hydrogen-bond acceptors (Lipinski definition) is 3. The first-order chi connectivity index (χ1) is 15.9. The van der Waals surface area contributed by atoms with Crippen molar-refractivity contribution in [2.45, 2.75) is 69.4 Å². The molecule has 1 N–H and O–H groups in total. The van der Waals surface area contributed by atoms with Crippen LogP contribution in [0.5, 0.6) is 0 Å². The third-order valence-electron chi connectivity index (χ3n) is 8.36. The molecule has 4 bridgehead atoms. The van der Waals surface area contributed by atoms with Crippen LogP contribution in [-0.4, -0.2) is 28.5 Å². The van der Waals surface area contributed by atoms with Gasteiger partial charge >= 0.3 is 0 Å². The first kappa shape index (κ1) is 21.2. The van der Waals surface area contributed by atoms with Crippen LogP contribution in [0.15, 0.2) is 42.5 Å². The molecule has 2 aromatic carbocycles. The lowest BCUT2D eigenvalue weighted by molar-refractivity contribution is -0.182. The van der Waals surface area contributed by atoms with Gasteiger partial charge in [0.25, 0.3) is 0 Å². The maximum absolute atomic E-state index is 14.2. The van der Waals surface area contributed by atoms with Crippen LogP contribution >= 0.6 is 0 Å². The zero-order valence-corrected chi connectivity index (χ0v) is 18.8. The number of nitrogens with one attached hydrogen (secondary N) is 1. The Labute approximate surface area is 193 Å². The highest BCUT2D eigenvalue weighted by molar-refractivity contribution is 5.79. The van der Waals surface area contributed by atoms with Crippen molar-refractivity contribution in [1.29, 1.82) is 0 Å². The number of amides is 1. The fourth-order valence-corrected chi connectivity index (χ4v) is 7.31. The summed E-state index contributed by atoms with van der Waals surface area (Å²) >= 11 is 0. The molecule has 7 rings (SSSR count). The number of rotatable bonds is 6. The third-order valence-corrected chi connectivity index (χ3v) is 8.36. The van der Waals surface area contributed by atoms with Crippen LogP contribution in [-0.2, 0) is 29.2 Å². The molecule has 4 saturated carbocycles. The molecule has 1 aliphatic heterocycles. The van der Waals surface area contributed by atoms with Crippen LogP contribution in [0, 0.1) is 23.5 Å². The molecule has 5 aliphatic rings. The predicted octanol–water partition coefficient (Wildman–Crippen LogP) is 4.70. The largest absolute Gasteiger partial charge is 0.370 e. The Bertz CT molecular complexity index is 1050. The summed E-state index contributed by atoms with van der Waals surface area (Å²) in [7, 11) is 0. The Morgan fingerprint density at radius 2 is 1.73 bits per heavy atom. The van der Waals surface area contributed by atoms with E-state index in [0.29, 0.717) is 37.0 Å². The molecule has 33 heavy (non-hydrogen) atoms. The standard InChI is InChI=1S/C27H30F2N2O2/c28-23-6-5-22(24(29)8-23)16-33-27-11-18-7-19(12-27)10-26(9-18,17-27)30-13-25(32)31-14-20-3-1-2-4-21(20)15-31/h1-6,8,18-19,30H,7,9-17H2. The zero-order valence-electron chi connectivity index (χ0n) is 18.8. The molecule has 4 nitrogen and oxygen atoms in total. The summed E-state index contributed by atoms with van der Waals surface area (Å²) in [5.74, 6) is 0.168. The monoisotopic (exact) mass is 452 g/mol. The lowest BCUT2D eigenvalue weighted by atomic mass is 9.51. The van der Waals surface area contributed by atoms with E-state index in [1.807, 2.05) is 17.0 Å². The Hall–Kier alpha value is -2.31. The molecule has 1 heterocycles. The van der Waals surface area contributed by atoms with E-state index in [4.69, 9.17) is 4.74 Å². The molecule has 0 radical (unpaired) electrons. The van der Waals surface area contributed by atoms with Gasteiger partial charge in [0.05, 0.1) is 18.8 Å². The second-order valence-corrected chi connectivity index (χ2v) is 10.8. The summed E-state index contributed by atoms with van der Waals surface area (Å²) in [6.45, 7) is 1.87. The van der Waals surface area contributed by atoms with Crippen LogP contribution in [0.4, 0.5) is 8.78 Å². The molecule has 4 aliphatic carbocycles. The van der Waals surface area contributed by atoms with E-state index < -0.39 is 11.6 Å². The van der Waals surface area contributed by atoms with E-state index in [1.54, 1.807) is 0 Å². The normalized spacial score (nSPS) is 31.8. The van der Waals surface area contributed by atoms with Crippen molar-refractivity contribution in [1.82, 2.24) is 10.2 Å². The van der Waals surface area contributed by atoms with Gasteiger partial charge < -0.3 is 15.0 Å². The minimum absolute atomic E-state index is 0.0896. The summed E-state index contributed by atoms with van der Waals surface area (Å²) in [6.07, 6.45) is 6.20. The molecule has 6 heteroatoms. The van der Waals surface area contributed by atoms with E-state index in [1.165, 1.54) is 29.7 Å². The number of benzene rings is 2. The Kier molecular flexibility index (Phi) is 5.07. The van der Waals surface area contributed by atoms with Gasteiger partial charge in [0, 0.05) is 30.3 Å². The van der Waals surface area contributed by atoms with E-state index in [9.17, 15) is 13.6 Å². The van der Waals surface area contributed by atoms with Gasteiger partial charge in [-0.05, 0) is 67.6 Å². The minimum atomic E-state index is -0.569. The number of fused-ring (bicyclic) bond motifs is 1. The number of nitrogens with zero attached hydrogens (tertiary/aromatic N) is 1. The Balaban J connectivity index is 1.12. The molecule has 2 atom stereocenters. The average molecular weight is 453 g/mol. The van der Waals surface area contributed by atoms with Gasteiger partial charge in [-0.1, -0.05) is 30.3 Å². The first-order valence-corrected chi connectivity index (χ1v) is 12.1. The number of hydrogen-bond donors (Lipinski definition) is 1. The van der Waals surface area contributed by atoms with Crippen LogP contribution in [0.2, 0.25) is 0 Å². The summed E-state index contributed by atoms with van der Waals surface area (Å²) in [6, 6.07) is 11.9. The maximum atomic E-state index is 14.2.